The minimum atomic E-state index is 0.0248. The molecule has 0 fully saturated rings. The van der Waals surface area contributed by atoms with E-state index in [0.717, 1.165) is 9.35 Å². The fourth-order valence-corrected chi connectivity index (χ4v) is 2.77. The summed E-state index contributed by atoms with van der Waals surface area (Å²) in [4.78, 5) is 13.8. The molecule has 2 aromatic rings. The Morgan fingerprint density at radius 1 is 1.33 bits per heavy atom. The summed E-state index contributed by atoms with van der Waals surface area (Å²) in [6.07, 6.45) is 0.0248. The topological polar surface area (TPSA) is 59.9 Å². The molecule has 0 amide bonds. The van der Waals surface area contributed by atoms with Crippen molar-refractivity contribution < 1.29 is 4.74 Å². The van der Waals surface area contributed by atoms with E-state index in [1.54, 1.807) is 18.4 Å². The maximum absolute atomic E-state index is 5.52. The van der Waals surface area contributed by atoms with Gasteiger partial charge >= 0.3 is 6.01 Å². The van der Waals surface area contributed by atoms with Crippen LogP contribution in [0.15, 0.2) is 15.9 Å². The van der Waals surface area contributed by atoms with E-state index in [1.807, 2.05) is 25.3 Å². The van der Waals surface area contributed by atoms with Crippen LogP contribution in [0.3, 0.4) is 0 Å². The van der Waals surface area contributed by atoms with Gasteiger partial charge in [-0.3, -0.25) is 0 Å². The van der Waals surface area contributed by atoms with Gasteiger partial charge in [-0.15, -0.1) is 11.3 Å². The van der Waals surface area contributed by atoms with Crippen LogP contribution < -0.4 is 10.1 Å². The van der Waals surface area contributed by atoms with Crippen LogP contribution in [0, 0.1) is 0 Å². The number of ether oxygens (including phenoxy) is 1. The number of thiophene rings is 1. The van der Waals surface area contributed by atoms with E-state index in [9.17, 15) is 0 Å². The average Bonchev–Trinajstić information content (AvgIpc) is 2.74. The number of rotatable bonds is 4. The summed E-state index contributed by atoms with van der Waals surface area (Å²) in [6.45, 7) is 3.87. The molecular formula is C11H13BrN4OS. The van der Waals surface area contributed by atoms with Gasteiger partial charge < -0.3 is 10.1 Å². The Bertz CT molecular complexity index is 544. The molecule has 1 N–H and O–H groups in total. The minimum absolute atomic E-state index is 0.0248. The van der Waals surface area contributed by atoms with Crippen LogP contribution in [-0.2, 0) is 0 Å². The van der Waals surface area contributed by atoms with E-state index < -0.39 is 0 Å². The first kappa shape index (κ1) is 13.2. The zero-order chi connectivity index (χ0) is 13.1. The van der Waals surface area contributed by atoms with Crippen molar-refractivity contribution in [2.45, 2.75) is 20.0 Å². The molecule has 0 radical (unpaired) electrons. The van der Waals surface area contributed by atoms with E-state index in [-0.39, 0.29) is 6.10 Å². The van der Waals surface area contributed by atoms with Crippen LogP contribution in [0.2, 0.25) is 0 Å². The lowest BCUT2D eigenvalue weighted by Crippen LogP contribution is -2.11. The standard InChI is InChI=1S/C11H13BrN4OS/c1-6(2)17-11-15-9(14-10(13-3)16-11)8-7(12)4-5-18-8/h4-6H,1-3H3,(H,13,14,15,16). The Hall–Kier alpha value is -1.21. The number of nitrogens with one attached hydrogen (secondary N) is 1. The largest absolute Gasteiger partial charge is 0.461 e. The zero-order valence-electron chi connectivity index (χ0n) is 10.3. The molecule has 0 spiro atoms. The lowest BCUT2D eigenvalue weighted by atomic mass is 10.4. The molecule has 0 atom stereocenters. The summed E-state index contributed by atoms with van der Waals surface area (Å²) < 4.78 is 6.49. The summed E-state index contributed by atoms with van der Waals surface area (Å²) in [5.74, 6) is 1.10. The van der Waals surface area contributed by atoms with E-state index in [1.165, 1.54) is 0 Å². The highest BCUT2D eigenvalue weighted by Crippen LogP contribution is 2.32. The van der Waals surface area contributed by atoms with E-state index in [0.29, 0.717) is 17.8 Å². The van der Waals surface area contributed by atoms with Crippen LogP contribution in [0.25, 0.3) is 10.7 Å². The third-order valence-corrected chi connectivity index (χ3v) is 3.83. The van der Waals surface area contributed by atoms with Crippen molar-refractivity contribution >= 4 is 33.2 Å². The molecule has 2 aromatic heterocycles. The van der Waals surface area contributed by atoms with Gasteiger partial charge in [-0.25, -0.2) is 0 Å². The van der Waals surface area contributed by atoms with Gasteiger partial charge in [0, 0.05) is 11.5 Å². The van der Waals surface area contributed by atoms with Gasteiger partial charge in [0.25, 0.3) is 0 Å². The highest BCUT2D eigenvalue weighted by molar-refractivity contribution is 9.10. The number of hydrogen-bond acceptors (Lipinski definition) is 6. The fraction of sp³-hybridized carbons (Fsp3) is 0.364. The summed E-state index contributed by atoms with van der Waals surface area (Å²) in [5, 5.41) is 4.89. The molecular weight excluding hydrogens is 316 g/mol. The van der Waals surface area contributed by atoms with Crippen LogP contribution in [-0.4, -0.2) is 28.1 Å². The summed E-state index contributed by atoms with van der Waals surface area (Å²) in [5.41, 5.74) is 0. The van der Waals surface area contributed by atoms with Crippen molar-refractivity contribution in [2.75, 3.05) is 12.4 Å². The lowest BCUT2D eigenvalue weighted by Gasteiger charge is -2.09. The first-order valence-corrected chi connectivity index (χ1v) is 7.11. The summed E-state index contributed by atoms with van der Waals surface area (Å²) in [7, 11) is 1.77. The lowest BCUT2D eigenvalue weighted by molar-refractivity contribution is 0.222. The van der Waals surface area contributed by atoms with E-state index >= 15 is 0 Å². The predicted molar refractivity (Wildman–Crippen MR) is 76.2 cm³/mol. The normalized spacial score (nSPS) is 10.7. The van der Waals surface area contributed by atoms with Gasteiger partial charge in [-0.2, -0.15) is 15.0 Å². The first-order valence-electron chi connectivity index (χ1n) is 5.44. The number of anilines is 1. The molecule has 0 saturated heterocycles. The molecule has 2 rings (SSSR count). The summed E-state index contributed by atoms with van der Waals surface area (Å²) in [6, 6.07) is 2.30. The highest BCUT2D eigenvalue weighted by atomic mass is 79.9. The van der Waals surface area contributed by atoms with Crippen molar-refractivity contribution in [3.63, 3.8) is 0 Å². The van der Waals surface area contributed by atoms with Crippen LogP contribution in [0.1, 0.15) is 13.8 Å². The van der Waals surface area contributed by atoms with Crippen molar-refractivity contribution in [2.24, 2.45) is 0 Å². The molecule has 0 bridgehead atoms. The van der Waals surface area contributed by atoms with Gasteiger partial charge in [-0.1, -0.05) is 0 Å². The molecule has 5 nitrogen and oxygen atoms in total. The van der Waals surface area contributed by atoms with Crippen molar-refractivity contribution in [3.8, 4) is 16.7 Å². The quantitative estimate of drug-likeness (QED) is 0.933. The van der Waals surface area contributed by atoms with Crippen molar-refractivity contribution in [1.82, 2.24) is 15.0 Å². The molecule has 0 saturated carbocycles. The van der Waals surface area contributed by atoms with Crippen molar-refractivity contribution in [1.29, 1.82) is 0 Å². The maximum atomic E-state index is 5.52. The molecule has 0 unspecified atom stereocenters. The molecule has 0 aliphatic heterocycles. The maximum Gasteiger partial charge on any atom is 0.322 e. The van der Waals surface area contributed by atoms with Gasteiger partial charge in [0.15, 0.2) is 5.82 Å². The monoisotopic (exact) mass is 328 g/mol. The Labute approximate surface area is 118 Å². The van der Waals surface area contributed by atoms with E-state index in [4.69, 9.17) is 4.74 Å². The van der Waals surface area contributed by atoms with E-state index in [2.05, 4.69) is 36.2 Å². The van der Waals surface area contributed by atoms with Crippen LogP contribution in [0.5, 0.6) is 6.01 Å². The van der Waals surface area contributed by atoms with Crippen LogP contribution in [0.4, 0.5) is 5.95 Å². The fourth-order valence-electron chi connectivity index (χ4n) is 1.29. The molecule has 0 aliphatic rings. The Morgan fingerprint density at radius 3 is 2.67 bits per heavy atom. The second-order valence-corrected chi connectivity index (χ2v) is 5.55. The zero-order valence-corrected chi connectivity index (χ0v) is 12.7. The molecule has 7 heteroatoms. The number of aromatic nitrogens is 3. The molecule has 96 valence electrons. The highest BCUT2D eigenvalue weighted by Gasteiger charge is 2.13. The second kappa shape index (κ2) is 5.62. The Kier molecular flexibility index (Phi) is 4.13. The van der Waals surface area contributed by atoms with Gasteiger partial charge in [0.2, 0.25) is 5.95 Å². The molecule has 2 heterocycles. The first-order chi connectivity index (χ1) is 8.60. The second-order valence-electron chi connectivity index (χ2n) is 3.78. The smallest absolute Gasteiger partial charge is 0.322 e. The van der Waals surface area contributed by atoms with Gasteiger partial charge in [0.05, 0.1) is 11.0 Å². The average molecular weight is 329 g/mol. The Morgan fingerprint density at radius 2 is 2.11 bits per heavy atom. The van der Waals surface area contributed by atoms with Crippen LogP contribution >= 0.6 is 27.3 Å². The van der Waals surface area contributed by atoms with Crippen molar-refractivity contribution in [3.05, 3.63) is 15.9 Å². The minimum Gasteiger partial charge on any atom is -0.461 e. The third kappa shape index (κ3) is 2.97. The molecule has 0 aromatic carbocycles. The van der Waals surface area contributed by atoms with Gasteiger partial charge in [0.1, 0.15) is 0 Å². The summed E-state index contributed by atoms with van der Waals surface area (Å²) >= 11 is 5.04. The Balaban J connectivity index is 2.44. The van der Waals surface area contributed by atoms with Gasteiger partial charge in [-0.05, 0) is 41.2 Å². The molecule has 18 heavy (non-hydrogen) atoms. The predicted octanol–water partition coefficient (Wildman–Crippen LogP) is 3.19. The number of hydrogen-bond donors (Lipinski definition) is 1. The SMILES string of the molecule is CNc1nc(OC(C)C)nc(-c2sccc2Br)n1. The third-order valence-electron chi connectivity index (χ3n) is 2.00. The number of halogens is 1. The number of nitrogens with zero attached hydrogens (tertiary/aromatic N) is 3. The molecule has 0 aliphatic carbocycles.